The van der Waals surface area contributed by atoms with Gasteiger partial charge in [-0.15, -0.1) is 0 Å². The molecule has 0 unspecified atom stereocenters. The molecule has 0 spiro atoms. The highest BCUT2D eigenvalue weighted by atomic mass is 15.3. The van der Waals surface area contributed by atoms with Gasteiger partial charge < -0.3 is 10.6 Å². The smallest absolute Gasteiger partial charge is 0.0359 e. The maximum absolute atomic E-state index is 5.99. The van der Waals surface area contributed by atoms with Gasteiger partial charge in [-0.1, -0.05) is 32.0 Å². The fourth-order valence-corrected chi connectivity index (χ4v) is 2.57. The van der Waals surface area contributed by atoms with Crippen LogP contribution in [0.25, 0.3) is 0 Å². The van der Waals surface area contributed by atoms with E-state index < -0.39 is 0 Å². The van der Waals surface area contributed by atoms with Crippen molar-refractivity contribution in [1.82, 2.24) is 9.80 Å². The van der Waals surface area contributed by atoms with Crippen molar-refractivity contribution in [1.29, 1.82) is 0 Å². The molecule has 0 saturated carbocycles. The fourth-order valence-electron chi connectivity index (χ4n) is 2.57. The van der Waals surface area contributed by atoms with Gasteiger partial charge in [-0.25, -0.2) is 0 Å². The molecule has 3 heteroatoms. The Kier molecular flexibility index (Phi) is 4.61. The summed E-state index contributed by atoms with van der Waals surface area (Å²) in [4.78, 5) is 5.07. The molecular formula is C15H25N3. The Bertz CT molecular complexity index is 368. The zero-order chi connectivity index (χ0) is 13.0. The first-order valence-corrected chi connectivity index (χ1v) is 6.93. The minimum Gasteiger partial charge on any atom is -0.398 e. The van der Waals surface area contributed by atoms with Crippen molar-refractivity contribution in [2.75, 3.05) is 38.5 Å². The zero-order valence-electron chi connectivity index (χ0n) is 11.6. The molecule has 2 N–H and O–H groups in total. The largest absolute Gasteiger partial charge is 0.398 e. The number of anilines is 1. The normalized spacial score (nSPS) is 18.4. The van der Waals surface area contributed by atoms with E-state index in [4.69, 9.17) is 5.73 Å². The third-order valence-electron chi connectivity index (χ3n) is 3.54. The summed E-state index contributed by atoms with van der Waals surface area (Å²) in [6.07, 6.45) is 0. The van der Waals surface area contributed by atoms with Crippen LogP contribution >= 0.6 is 0 Å². The van der Waals surface area contributed by atoms with Crippen LogP contribution in [-0.4, -0.2) is 42.5 Å². The first kappa shape index (κ1) is 13.4. The summed E-state index contributed by atoms with van der Waals surface area (Å²) in [5, 5.41) is 0. The molecule has 18 heavy (non-hydrogen) atoms. The van der Waals surface area contributed by atoms with Crippen LogP contribution in [0.2, 0.25) is 0 Å². The van der Waals surface area contributed by atoms with Crippen LogP contribution in [0.15, 0.2) is 24.3 Å². The maximum Gasteiger partial charge on any atom is 0.0359 e. The van der Waals surface area contributed by atoms with Crippen molar-refractivity contribution in [3.05, 3.63) is 29.8 Å². The summed E-state index contributed by atoms with van der Waals surface area (Å²) in [5.74, 6) is 0.765. The third-order valence-corrected chi connectivity index (χ3v) is 3.54. The lowest BCUT2D eigenvalue weighted by Gasteiger charge is -2.35. The van der Waals surface area contributed by atoms with E-state index in [1.807, 2.05) is 12.1 Å². The number of benzene rings is 1. The highest BCUT2D eigenvalue weighted by Crippen LogP contribution is 2.15. The van der Waals surface area contributed by atoms with Crippen LogP contribution in [0.1, 0.15) is 19.4 Å². The van der Waals surface area contributed by atoms with Gasteiger partial charge in [-0.3, -0.25) is 4.90 Å². The molecular weight excluding hydrogens is 222 g/mol. The second-order valence-electron chi connectivity index (χ2n) is 5.67. The number of rotatable bonds is 4. The standard InChI is InChI=1S/C15H25N3/c1-13(2)11-17-7-9-18(10-8-17)12-14-5-3-4-6-15(14)16/h3-6,13H,7-12,16H2,1-2H3. The molecule has 1 heterocycles. The van der Waals surface area contributed by atoms with Crippen LogP contribution < -0.4 is 5.73 Å². The topological polar surface area (TPSA) is 32.5 Å². The van der Waals surface area contributed by atoms with Crippen molar-refractivity contribution >= 4 is 5.69 Å². The summed E-state index contributed by atoms with van der Waals surface area (Å²) >= 11 is 0. The van der Waals surface area contributed by atoms with Crippen molar-refractivity contribution in [3.8, 4) is 0 Å². The molecule has 0 aliphatic carbocycles. The van der Waals surface area contributed by atoms with E-state index in [1.54, 1.807) is 0 Å². The summed E-state index contributed by atoms with van der Waals surface area (Å²) in [7, 11) is 0. The van der Waals surface area contributed by atoms with E-state index in [0.29, 0.717) is 0 Å². The molecule has 2 rings (SSSR count). The number of nitrogen functional groups attached to an aromatic ring is 1. The summed E-state index contributed by atoms with van der Waals surface area (Å²) < 4.78 is 0. The predicted octanol–water partition coefficient (Wildman–Crippen LogP) is 2.04. The van der Waals surface area contributed by atoms with E-state index >= 15 is 0 Å². The van der Waals surface area contributed by atoms with Crippen LogP contribution in [0.4, 0.5) is 5.69 Å². The van der Waals surface area contributed by atoms with Gasteiger partial charge >= 0.3 is 0 Å². The minimum atomic E-state index is 0.765. The molecule has 0 radical (unpaired) electrons. The third kappa shape index (κ3) is 3.72. The number of nitrogens with two attached hydrogens (primary N) is 1. The van der Waals surface area contributed by atoms with Crippen molar-refractivity contribution in [2.24, 2.45) is 5.92 Å². The van der Waals surface area contributed by atoms with E-state index in [-0.39, 0.29) is 0 Å². The lowest BCUT2D eigenvalue weighted by Crippen LogP contribution is -2.46. The predicted molar refractivity (Wildman–Crippen MR) is 77.4 cm³/mol. The Morgan fingerprint density at radius 3 is 2.28 bits per heavy atom. The van der Waals surface area contributed by atoms with Gasteiger partial charge in [0.25, 0.3) is 0 Å². The molecule has 0 aromatic heterocycles. The Morgan fingerprint density at radius 1 is 1.06 bits per heavy atom. The second kappa shape index (κ2) is 6.21. The average molecular weight is 247 g/mol. The van der Waals surface area contributed by atoms with E-state index in [9.17, 15) is 0 Å². The molecule has 0 amide bonds. The molecule has 1 aliphatic rings. The Balaban J connectivity index is 1.82. The van der Waals surface area contributed by atoms with Crippen LogP contribution in [0.3, 0.4) is 0 Å². The van der Waals surface area contributed by atoms with Gasteiger partial charge in [0.05, 0.1) is 0 Å². The van der Waals surface area contributed by atoms with E-state index in [1.165, 1.54) is 25.2 Å². The molecule has 0 bridgehead atoms. The summed E-state index contributed by atoms with van der Waals surface area (Å²) in [6, 6.07) is 8.19. The quantitative estimate of drug-likeness (QED) is 0.827. The molecule has 1 fully saturated rings. The van der Waals surface area contributed by atoms with Crippen molar-refractivity contribution < 1.29 is 0 Å². The van der Waals surface area contributed by atoms with Crippen LogP contribution in [0.5, 0.6) is 0 Å². The SMILES string of the molecule is CC(C)CN1CCN(Cc2ccccc2N)CC1. The van der Waals surface area contributed by atoms with Crippen LogP contribution in [-0.2, 0) is 6.54 Å². The van der Waals surface area contributed by atoms with Crippen molar-refractivity contribution in [2.45, 2.75) is 20.4 Å². The lowest BCUT2D eigenvalue weighted by molar-refractivity contribution is 0.117. The van der Waals surface area contributed by atoms with Gasteiger partial charge in [0.2, 0.25) is 0 Å². The Hall–Kier alpha value is -1.06. The number of hydrogen-bond donors (Lipinski definition) is 1. The number of hydrogen-bond acceptors (Lipinski definition) is 3. The molecule has 1 aliphatic heterocycles. The van der Waals surface area contributed by atoms with Crippen molar-refractivity contribution in [3.63, 3.8) is 0 Å². The molecule has 1 aromatic rings. The number of piperazine rings is 1. The van der Waals surface area contributed by atoms with E-state index in [2.05, 4.69) is 35.8 Å². The second-order valence-corrected chi connectivity index (χ2v) is 5.67. The molecule has 100 valence electrons. The Morgan fingerprint density at radius 2 is 1.67 bits per heavy atom. The zero-order valence-corrected chi connectivity index (χ0v) is 11.6. The first-order valence-electron chi connectivity index (χ1n) is 6.93. The van der Waals surface area contributed by atoms with Gasteiger partial charge in [0.1, 0.15) is 0 Å². The summed E-state index contributed by atoms with van der Waals surface area (Å²) in [6.45, 7) is 11.5. The monoisotopic (exact) mass is 247 g/mol. The average Bonchev–Trinajstić information content (AvgIpc) is 2.34. The first-order chi connectivity index (χ1) is 8.65. The lowest BCUT2D eigenvalue weighted by atomic mass is 10.1. The number of para-hydroxylation sites is 1. The highest BCUT2D eigenvalue weighted by molar-refractivity contribution is 5.46. The maximum atomic E-state index is 5.99. The molecule has 1 saturated heterocycles. The van der Waals surface area contributed by atoms with Gasteiger partial charge in [0.15, 0.2) is 0 Å². The molecule has 1 aromatic carbocycles. The number of nitrogens with zero attached hydrogens (tertiary/aromatic N) is 2. The molecule has 3 nitrogen and oxygen atoms in total. The van der Waals surface area contributed by atoms with E-state index in [0.717, 1.165) is 31.2 Å². The molecule has 0 atom stereocenters. The Labute approximate surface area is 111 Å². The van der Waals surface area contributed by atoms with Gasteiger partial charge in [-0.05, 0) is 17.5 Å². The highest BCUT2D eigenvalue weighted by Gasteiger charge is 2.17. The van der Waals surface area contributed by atoms with Crippen LogP contribution in [0, 0.1) is 5.92 Å². The summed E-state index contributed by atoms with van der Waals surface area (Å²) in [5.41, 5.74) is 8.17. The fraction of sp³-hybridized carbons (Fsp3) is 0.600. The minimum absolute atomic E-state index is 0.765. The van der Waals surface area contributed by atoms with Gasteiger partial charge in [-0.2, -0.15) is 0 Å². The van der Waals surface area contributed by atoms with Gasteiger partial charge in [0, 0.05) is 45.0 Å².